The van der Waals surface area contributed by atoms with Gasteiger partial charge in [-0.25, -0.2) is 0 Å². The number of rotatable bonds is 9. The van der Waals surface area contributed by atoms with Gasteiger partial charge < -0.3 is 0 Å². The van der Waals surface area contributed by atoms with Gasteiger partial charge in [0.2, 0.25) is 0 Å². The molecule has 2 rings (SSSR count). The molecule has 0 bridgehead atoms. The van der Waals surface area contributed by atoms with Crippen LogP contribution in [0.15, 0.2) is 48.5 Å². The van der Waals surface area contributed by atoms with Crippen molar-refractivity contribution in [3.8, 4) is 11.5 Å². The molecule has 23 heavy (non-hydrogen) atoms. The predicted octanol–water partition coefficient (Wildman–Crippen LogP) is 3.06. The second-order valence-electron chi connectivity index (χ2n) is 5.48. The van der Waals surface area contributed by atoms with E-state index in [0.717, 1.165) is 37.2 Å². The number of hydrogen-bond acceptors (Lipinski definition) is 3. The second kappa shape index (κ2) is 10.5. The average Bonchev–Trinajstić information content (AvgIpc) is 2.58. The van der Waals surface area contributed by atoms with E-state index >= 15 is 0 Å². The maximum absolute atomic E-state index is 6.20. The Balaban J connectivity index is 2.12. The van der Waals surface area contributed by atoms with Crippen molar-refractivity contribution in [3.63, 3.8) is 0 Å². The zero-order chi connectivity index (χ0) is 16.5. The van der Waals surface area contributed by atoms with Crippen molar-refractivity contribution in [1.29, 1.82) is 0 Å². The molecule has 0 fully saturated rings. The monoisotopic (exact) mass is 530 g/mol. The second-order valence-corrected chi connectivity index (χ2v) is 18.8. The molecule has 0 spiro atoms. The van der Waals surface area contributed by atoms with Gasteiger partial charge in [-0.05, 0) is 0 Å². The normalized spacial score (nSPS) is 10.9. The van der Waals surface area contributed by atoms with Gasteiger partial charge in [0.05, 0.1) is 0 Å². The number of hydrogen-bond donors (Lipinski definition) is 0. The van der Waals surface area contributed by atoms with Crippen molar-refractivity contribution >= 4 is 43.9 Å². The molecule has 0 N–H and O–H groups in total. The Morgan fingerprint density at radius 2 is 1.22 bits per heavy atom. The Morgan fingerprint density at radius 1 is 0.783 bits per heavy atom. The van der Waals surface area contributed by atoms with E-state index in [0.29, 0.717) is 0 Å². The van der Waals surface area contributed by atoms with Gasteiger partial charge in [0.25, 0.3) is 0 Å². The van der Waals surface area contributed by atoms with Gasteiger partial charge in [-0.3, -0.25) is 0 Å². The van der Waals surface area contributed by atoms with E-state index in [-0.39, 0.29) is 22.9 Å². The van der Waals surface area contributed by atoms with Gasteiger partial charge in [-0.15, -0.1) is 0 Å². The van der Waals surface area contributed by atoms with Crippen molar-refractivity contribution in [1.82, 2.24) is 0 Å². The van der Waals surface area contributed by atoms with Crippen LogP contribution in [-0.4, -0.2) is 43.9 Å². The Morgan fingerprint density at radius 3 is 1.61 bits per heavy atom. The van der Waals surface area contributed by atoms with Gasteiger partial charge in [0.1, 0.15) is 0 Å². The van der Waals surface area contributed by atoms with E-state index in [9.17, 15) is 0 Å². The fraction of sp³-hybridized carbons (Fsp3) is 0.333. The number of aryl methyl sites for hydroxylation is 2. The molecule has 0 amide bonds. The molecule has 0 heterocycles. The van der Waals surface area contributed by atoms with Crippen molar-refractivity contribution in [2.75, 3.05) is 0 Å². The Kier molecular flexibility index (Phi) is 8.61. The Bertz CT molecular complexity index is 553. The van der Waals surface area contributed by atoms with Crippen LogP contribution in [0.3, 0.4) is 0 Å². The van der Waals surface area contributed by atoms with Gasteiger partial charge in [-0.2, -0.15) is 0 Å². The summed E-state index contributed by atoms with van der Waals surface area (Å²) in [4.78, 5) is 0. The van der Waals surface area contributed by atoms with Crippen molar-refractivity contribution < 1.29 is 7.56 Å². The molecule has 3 nitrogen and oxygen atoms in total. The maximum atomic E-state index is 6.20. The van der Waals surface area contributed by atoms with Crippen LogP contribution in [0.2, 0.25) is 0 Å². The minimum atomic E-state index is -2.95. The van der Waals surface area contributed by atoms with Crippen LogP contribution in [0, 0.1) is 0 Å². The molecular formula is C18H26O3Sn2. The SMILES string of the molecule is CCCc1ccccc1[O][SnH]([O][SnH3])[O]c1ccccc1CCC. The van der Waals surface area contributed by atoms with Crippen LogP contribution < -0.4 is 6.15 Å². The summed E-state index contributed by atoms with van der Waals surface area (Å²) in [6.45, 7) is 4.36. The van der Waals surface area contributed by atoms with Gasteiger partial charge in [0.15, 0.2) is 0 Å². The quantitative estimate of drug-likeness (QED) is 0.469. The van der Waals surface area contributed by atoms with E-state index in [2.05, 4.69) is 38.1 Å². The van der Waals surface area contributed by atoms with E-state index in [4.69, 9.17) is 7.56 Å². The molecule has 0 unspecified atom stereocenters. The molecule has 0 saturated heterocycles. The third kappa shape index (κ3) is 5.87. The van der Waals surface area contributed by atoms with Crippen LogP contribution in [-0.2, 0) is 14.3 Å². The van der Waals surface area contributed by atoms with Gasteiger partial charge >= 0.3 is 162 Å². The number of para-hydroxylation sites is 2. The summed E-state index contributed by atoms with van der Waals surface area (Å²) in [5.41, 5.74) is 2.49. The summed E-state index contributed by atoms with van der Waals surface area (Å²) < 4.78 is 18.2. The fourth-order valence-electron chi connectivity index (χ4n) is 2.52. The van der Waals surface area contributed by atoms with Gasteiger partial charge in [-0.1, -0.05) is 0 Å². The molecule has 124 valence electrons. The van der Waals surface area contributed by atoms with Crippen molar-refractivity contribution in [2.45, 2.75) is 39.5 Å². The summed E-state index contributed by atoms with van der Waals surface area (Å²) in [5.74, 6) is 1.88. The first-order chi connectivity index (χ1) is 11.3. The molecular weight excluding hydrogens is 502 g/mol. The summed E-state index contributed by atoms with van der Waals surface area (Å²) in [7, 11) is 0. The van der Waals surface area contributed by atoms with Gasteiger partial charge in [0, 0.05) is 0 Å². The third-order valence-corrected chi connectivity index (χ3v) is 14.6. The first kappa shape index (κ1) is 18.9. The number of benzene rings is 2. The molecule has 0 radical (unpaired) electrons. The van der Waals surface area contributed by atoms with Crippen LogP contribution in [0.25, 0.3) is 0 Å². The standard InChI is InChI=1S/2C9H12O.O.2Sn.4H/c2*1-2-5-8-6-3-4-7-9(8)10;;;;;;;/h2*3-4,6-7,10H,2,5H2,1H3;;;;;;;/q;;;;+2;;;;/p-2. The van der Waals surface area contributed by atoms with Crippen LogP contribution >= 0.6 is 0 Å². The summed E-state index contributed by atoms with van der Waals surface area (Å²) in [6.07, 6.45) is 4.25. The van der Waals surface area contributed by atoms with E-state index in [1.807, 2.05) is 24.3 Å². The minimum absolute atomic E-state index is 0.101. The summed E-state index contributed by atoms with van der Waals surface area (Å²) >= 11 is -2.85. The van der Waals surface area contributed by atoms with Crippen LogP contribution in [0.4, 0.5) is 0 Å². The molecule has 0 aromatic heterocycles. The first-order valence-electron chi connectivity index (χ1n) is 8.30. The fourth-order valence-corrected chi connectivity index (χ4v) is 9.38. The molecule has 5 heteroatoms. The summed E-state index contributed by atoms with van der Waals surface area (Å²) in [6, 6.07) is 16.5. The molecule has 2 aromatic carbocycles. The average molecular weight is 528 g/mol. The van der Waals surface area contributed by atoms with Crippen molar-refractivity contribution in [3.05, 3.63) is 59.7 Å². The van der Waals surface area contributed by atoms with E-state index in [1.54, 1.807) is 0 Å². The van der Waals surface area contributed by atoms with Crippen LogP contribution in [0.1, 0.15) is 37.8 Å². The summed E-state index contributed by atoms with van der Waals surface area (Å²) in [5, 5.41) is 0. The van der Waals surface area contributed by atoms with Crippen molar-refractivity contribution in [2.24, 2.45) is 0 Å². The third-order valence-electron chi connectivity index (χ3n) is 3.62. The predicted molar refractivity (Wildman–Crippen MR) is 100 cm³/mol. The van der Waals surface area contributed by atoms with E-state index < -0.39 is 21.0 Å². The molecule has 0 aliphatic rings. The molecule has 0 aliphatic heterocycles. The zero-order valence-electron chi connectivity index (χ0n) is 14.2. The zero-order valence-corrected chi connectivity index (χ0v) is 23.3. The van der Waals surface area contributed by atoms with E-state index in [1.165, 1.54) is 11.1 Å². The Hall–Kier alpha value is -0.403. The first-order valence-corrected chi connectivity index (χ1v) is 14.7. The Labute approximate surface area is 161 Å². The molecule has 0 aliphatic carbocycles. The molecule has 2 aromatic rings. The molecule has 0 atom stereocenters. The molecule has 0 saturated carbocycles. The topological polar surface area (TPSA) is 27.7 Å². The van der Waals surface area contributed by atoms with Crippen LogP contribution in [0.5, 0.6) is 11.5 Å².